The molecule has 0 aliphatic heterocycles. The van der Waals surface area contributed by atoms with Crippen LogP contribution in [-0.2, 0) is 13.6 Å². The van der Waals surface area contributed by atoms with Crippen molar-refractivity contribution in [3.8, 4) is 0 Å². The van der Waals surface area contributed by atoms with Crippen LogP contribution in [0.5, 0.6) is 0 Å². The fourth-order valence-corrected chi connectivity index (χ4v) is 2.68. The van der Waals surface area contributed by atoms with Crippen molar-refractivity contribution in [1.82, 2.24) is 0 Å². The molecule has 1 N–H and O–H groups in total. The van der Waals surface area contributed by atoms with Crippen molar-refractivity contribution in [2.75, 3.05) is 17.4 Å². The lowest BCUT2D eigenvalue weighted by Crippen LogP contribution is -2.26. The van der Waals surface area contributed by atoms with Crippen LogP contribution < -0.4 is 14.9 Å². The smallest absolute Gasteiger partial charge is 0.169 e. The molecule has 0 fully saturated rings. The number of hydrazone groups is 1. The maximum absolute atomic E-state index is 4.69. The van der Waals surface area contributed by atoms with Gasteiger partial charge in [0.2, 0.25) is 0 Å². The molecule has 1 aromatic heterocycles. The van der Waals surface area contributed by atoms with E-state index in [4.69, 9.17) is 5.10 Å². The van der Waals surface area contributed by atoms with E-state index in [0.29, 0.717) is 0 Å². The first kappa shape index (κ1) is 17.7. The minimum absolute atomic E-state index is 0.818. The van der Waals surface area contributed by atoms with Crippen molar-refractivity contribution in [3.63, 3.8) is 0 Å². The summed E-state index contributed by atoms with van der Waals surface area (Å²) in [5, 5.41) is 10.0. The van der Waals surface area contributed by atoms with Gasteiger partial charge in [-0.05, 0) is 36.8 Å². The van der Waals surface area contributed by atoms with E-state index in [0.717, 1.165) is 29.2 Å². The molecule has 4 nitrogen and oxygen atoms in total. The van der Waals surface area contributed by atoms with Gasteiger partial charge in [0.15, 0.2) is 12.4 Å². The van der Waals surface area contributed by atoms with Crippen molar-refractivity contribution in [2.45, 2.75) is 13.5 Å². The Hall–Kier alpha value is -3.14. The number of nitrogens with zero attached hydrogens (tertiary/aromatic N) is 3. The third-order valence-corrected chi connectivity index (χ3v) is 4.28. The van der Waals surface area contributed by atoms with Gasteiger partial charge < -0.3 is 5.32 Å². The van der Waals surface area contributed by atoms with Gasteiger partial charge in [0.05, 0.1) is 11.4 Å². The molecule has 0 bridgehead atoms. The molecule has 26 heavy (non-hydrogen) atoms. The molecule has 1 heterocycles. The van der Waals surface area contributed by atoms with E-state index in [2.05, 4.69) is 66.0 Å². The molecule has 0 unspecified atom stereocenters. The average Bonchev–Trinajstić information content (AvgIpc) is 2.68. The first-order valence-electron chi connectivity index (χ1n) is 8.74. The number of hydrogen-bond acceptors (Lipinski definition) is 3. The van der Waals surface area contributed by atoms with Crippen molar-refractivity contribution < 1.29 is 4.57 Å². The van der Waals surface area contributed by atoms with E-state index in [1.54, 1.807) is 0 Å². The second-order valence-corrected chi connectivity index (χ2v) is 6.35. The van der Waals surface area contributed by atoms with Crippen LogP contribution in [-0.4, -0.2) is 12.8 Å². The molecule has 3 rings (SSSR count). The van der Waals surface area contributed by atoms with Gasteiger partial charge in [0, 0.05) is 37.0 Å². The normalized spacial score (nSPS) is 11.3. The van der Waals surface area contributed by atoms with Gasteiger partial charge in [-0.3, -0.25) is 5.01 Å². The largest absolute Gasteiger partial charge is 0.381 e. The molecule has 0 spiro atoms. The van der Waals surface area contributed by atoms with Gasteiger partial charge in [0.1, 0.15) is 7.05 Å². The Morgan fingerprint density at radius 3 is 2.27 bits per heavy atom. The molecule has 0 atom stereocenters. The lowest BCUT2D eigenvalue weighted by atomic mass is 10.2. The molecule has 2 aromatic carbocycles. The maximum atomic E-state index is 4.69. The van der Waals surface area contributed by atoms with Gasteiger partial charge in [-0.2, -0.15) is 5.10 Å². The first-order chi connectivity index (χ1) is 12.6. The zero-order valence-corrected chi connectivity index (χ0v) is 15.6. The van der Waals surface area contributed by atoms with Crippen LogP contribution in [0.25, 0.3) is 0 Å². The van der Waals surface area contributed by atoms with Crippen molar-refractivity contribution in [3.05, 3.63) is 90.3 Å². The molecule has 3 aromatic rings. The van der Waals surface area contributed by atoms with Gasteiger partial charge in [-0.25, -0.2) is 4.57 Å². The first-order valence-corrected chi connectivity index (χ1v) is 8.74. The number of nitrogens with one attached hydrogen (secondary N) is 1. The van der Waals surface area contributed by atoms with Gasteiger partial charge in [0.25, 0.3) is 0 Å². The van der Waals surface area contributed by atoms with Crippen LogP contribution in [0.1, 0.15) is 18.1 Å². The summed E-state index contributed by atoms with van der Waals surface area (Å²) in [6.07, 6.45) is 4.06. The number of aryl methyl sites for hydroxylation is 1. The SMILES string of the molecule is C/C(=N\N(C)c1ccc(NCc2ccccc2)cc1)c1cc[n+](C)cc1. The van der Waals surface area contributed by atoms with Crippen molar-refractivity contribution in [1.29, 1.82) is 0 Å². The zero-order chi connectivity index (χ0) is 18.4. The van der Waals surface area contributed by atoms with Crippen molar-refractivity contribution >= 4 is 17.1 Å². The minimum Gasteiger partial charge on any atom is -0.381 e. The molecule has 0 radical (unpaired) electrons. The molecular formula is C22H25N4+. The summed E-state index contributed by atoms with van der Waals surface area (Å²) >= 11 is 0. The minimum atomic E-state index is 0.818. The van der Waals surface area contributed by atoms with E-state index < -0.39 is 0 Å². The van der Waals surface area contributed by atoms with Crippen LogP contribution >= 0.6 is 0 Å². The molecule has 0 aliphatic rings. The highest BCUT2D eigenvalue weighted by atomic mass is 15.4. The van der Waals surface area contributed by atoms with Gasteiger partial charge in [-0.1, -0.05) is 30.3 Å². The van der Waals surface area contributed by atoms with Crippen LogP contribution in [0.2, 0.25) is 0 Å². The Bertz CT molecular complexity index is 853. The van der Waals surface area contributed by atoms with E-state index in [1.165, 1.54) is 5.56 Å². The quantitative estimate of drug-likeness (QED) is 0.416. The monoisotopic (exact) mass is 345 g/mol. The second-order valence-electron chi connectivity index (χ2n) is 6.35. The van der Waals surface area contributed by atoms with Gasteiger partial charge in [-0.15, -0.1) is 0 Å². The summed E-state index contributed by atoms with van der Waals surface area (Å²) in [6.45, 7) is 2.85. The van der Waals surface area contributed by atoms with E-state index in [-0.39, 0.29) is 0 Å². The summed E-state index contributed by atoms with van der Waals surface area (Å²) in [4.78, 5) is 0. The fourth-order valence-electron chi connectivity index (χ4n) is 2.68. The number of hydrogen-bond donors (Lipinski definition) is 1. The standard InChI is InChI=1S/C22H25N4/c1-18(20-13-15-25(2)16-14-20)24-26(3)22-11-9-21(10-12-22)23-17-19-7-5-4-6-8-19/h4-16,23H,17H2,1-3H3/q+1. The van der Waals surface area contributed by atoms with E-state index in [9.17, 15) is 0 Å². The molecular weight excluding hydrogens is 320 g/mol. The third kappa shape index (κ3) is 4.70. The Labute approximate surface area is 155 Å². The van der Waals surface area contributed by atoms with Crippen LogP contribution in [0.4, 0.5) is 11.4 Å². The highest BCUT2D eigenvalue weighted by Gasteiger charge is 2.04. The number of benzene rings is 2. The predicted octanol–water partition coefficient (Wildman–Crippen LogP) is 3.98. The Morgan fingerprint density at radius 2 is 1.62 bits per heavy atom. The molecule has 4 heteroatoms. The summed E-state index contributed by atoms with van der Waals surface area (Å²) in [7, 11) is 3.98. The predicted molar refractivity (Wildman–Crippen MR) is 108 cm³/mol. The Kier molecular flexibility index (Phi) is 5.64. The second kappa shape index (κ2) is 8.30. The topological polar surface area (TPSA) is 31.5 Å². The highest BCUT2D eigenvalue weighted by molar-refractivity contribution is 5.98. The van der Waals surface area contributed by atoms with Gasteiger partial charge >= 0.3 is 0 Å². The van der Waals surface area contributed by atoms with Crippen LogP contribution in [0.3, 0.4) is 0 Å². The highest BCUT2D eigenvalue weighted by Crippen LogP contribution is 2.18. The lowest BCUT2D eigenvalue weighted by molar-refractivity contribution is -0.671. The Morgan fingerprint density at radius 1 is 0.962 bits per heavy atom. The summed E-state index contributed by atoms with van der Waals surface area (Å²) in [6, 6.07) is 22.9. The summed E-state index contributed by atoms with van der Waals surface area (Å²) < 4.78 is 2.02. The van der Waals surface area contributed by atoms with E-state index in [1.807, 2.05) is 49.1 Å². The zero-order valence-electron chi connectivity index (χ0n) is 15.6. The summed E-state index contributed by atoms with van der Waals surface area (Å²) in [5.41, 5.74) is 5.53. The lowest BCUT2D eigenvalue weighted by Gasteiger charge is -2.15. The maximum Gasteiger partial charge on any atom is 0.169 e. The number of pyridine rings is 1. The Balaban J connectivity index is 1.63. The van der Waals surface area contributed by atoms with Crippen LogP contribution in [0.15, 0.2) is 84.2 Å². The molecule has 0 amide bonds. The average molecular weight is 345 g/mol. The molecule has 0 aliphatic carbocycles. The number of rotatable bonds is 6. The third-order valence-electron chi connectivity index (χ3n) is 4.28. The van der Waals surface area contributed by atoms with E-state index >= 15 is 0 Å². The summed E-state index contributed by atoms with van der Waals surface area (Å²) in [5.74, 6) is 0. The van der Waals surface area contributed by atoms with Crippen LogP contribution in [0, 0.1) is 0 Å². The molecule has 0 saturated carbocycles. The fraction of sp³-hybridized carbons (Fsp3) is 0.182. The molecule has 0 saturated heterocycles. The molecule has 132 valence electrons. The number of aromatic nitrogens is 1. The number of anilines is 2. The van der Waals surface area contributed by atoms with Crippen molar-refractivity contribution in [2.24, 2.45) is 12.1 Å².